The molecule has 0 saturated heterocycles. The minimum Gasteiger partial charge on any atom is -0.481 e. The minimum atomic E-state index is -0.833. The maximum Gasteiger partial charge on any atom is 0.300 e. The van der Waals surface area contributed by atoms with Crippen LogP contribution in [-0.4, -0.2) is 52.4 Å². The molecule has 6 N–H and O–H groups in total. The van der Waals surface area contributed by atoms with Gasteiger partial charge in [-0.25, -0.2) is 0 Å². The second kappa shape index (κ2) is 36.9. The quantitative estimate of drug-likeness (QED) is 0.125. The van der Waals surface area contributed by atoms with Crippen LogP contribution in [0.1, 0.15) is 137 Å². The van der Waals surface area contributed by atoms with Gasteiger partial charge in [0.15, 0.2) is 0 Å². The van der Waals surface area contributed by atoms with E-state index in [2.05, 4.69) is 19.2 Å². The van der Waals surface area contributed by atoms with Crippen molar-refractivity contribution < 1.29 is 29.7 Å². The van der Waals surface area contributed by atoms with E-state index in [-0.39, 0.29) is 6.04 Å². The molecule has 0 bridgehead atoms. The van der Waals surface area contributed by atoms with Crippen LogP contribution in [0.3, 0.4) is 0 Å². The smallest absolute Gasteiger partial charge is 0.300 e. The molecule has 0 aromatic heterocycles. The van der Waals surface area contributed by atoms with Crippen molar-refractivity contribution in [2.75, 3.05) is 13.1 Å². The van der Waals surface area contributed by atoms with E-state index in [1.54, 1.807) is 0 Å². The molecule has 0 saturated carbocycles. The lowest BCUT2D eigenvalue weighted by atomic mass is 10.0. The Morgan fingerprint density at radius 2 is 0.829 bits per heavy atom. The van der Waals surface area contributed by atoms with Crippen molar-refractivity contribution in [3.8, 4) is 0 Å². The van der Waals surface area contributed by atoms with Crippen LogP contribution in [-0.2, 0) is 14.4 Å². The third-order valence-corrected chi connectivity index (χ3v) is 4.67. The van der Waals surface area contributed by atoms with Gasteiger partial charge in [-0.15, -0.1) is 0 Å². The SMILES string of the molecule is CC(=O)O.CC(=O)O.CC(=O)O.CCCCCCCCCCCCCCCCCCNCC(C)N. The number of carboxylic acids is 3. The molecule has 0 aliphatic carbocycles. The zero-order chi connectivity index (χ0) is 27.7. The summed E-state index contributed by atoms with van der Waals surface area (Å²) in [6, 6.07) is 0.288. The number of nitrogens with two attached hydrogens (primary N) is 1. The van der Waals surface area contributed by atoms with Gasteiger partial charge in [0.2, 0.25) is 0 Å². The van der Waals surface area contributed by atoms with Crippen molar-refractivity contribution in [3.63, 3.8) is 0 Å². The highest BCUT2D eigenvalue weighted by Crippen LogP contribution is 2.13. The highest BCUT2D eigenvalue weighted by molar-refractivity contribution is 5.63. The van der Waals surface area contributed by atoms with Gasteiger partial charge in [-0.2, -0.15) is 0 Å². The van der Waals surface area contributed by atoms with E-state index in [1.807, 2.05) is 0 Å². The second-order valence-corrected chi connectivity index (χ2v) is 9.04. The van der Waals surface area contributed by atoms with E-state index < -0.39 is 17.9 Å². The predicted molar refractivity (Wildman–Crippen MR) is 146 cm³/mol. The van der Waals surface area contributed by atoms with E-state index in [0.717, 1.165) is 33.9 Å². The van der Waals surface area contributed by atoms with Gasteiger partial charge in [0, 0.05) is 33.4 Å². The Balaban J connectivity index is -0.000000329. The number of carbonyl (C=O) groups is 3. The molecule has 1 atom stereocenters. The second-order valence-electron chi connectivity index (χ2n) is 9.04. The van der Waals surface area contributed by atoms with Crippen LogP contribution in [0.2, 0.25) is 0 Å². The Bertz CT molecular complexity index is 405. The van der Waals surface area contributed by atoms with Gasteiger partial charge in [0.1, 0.15) is 0 Å². The summed E-state index contributed by atoms with van der Waals surface area (Å²) in [5.74, 6) is -2.50. The molecular weight excluding hydrogens is 448 g/mol. The molecule has 0 aromatic rings. The normalized spacial score (nSPS) is 10.5. The standard InChI is InChI=1S/C21H46N2.3C2H4O2/c1-3-4-5-6-7-8-9-10-11-12-13-14-15-16-17-18-19-23-20-21(2)22;3*1-2(3)4/h21,23H,3-20,22H2,1-2H3;3*1H3,(H,3,4). The summed E-state index contributed by atoms with van der Waals surface area (Å²) >= 11 is 0. The number of unbranched alkanes of at least 4 members (excludes halogenated alkanes) is 15. The molecule has 8 nitrogen and oxygen atoms in total. The lowest BCUT2D eigenvalue weighted by Crippen LogP contribution is -2.31. The molecule has 0 spiro atoms. The maximum atomic E-state index is 9.00. The number of hydrogen-bond acceptors (Lipinski definition) is 5. The lowest BCUT2D eigenvalue weighted by molar-refractivity contribution is -0.135. The van der Waals surface area contributed by atoms with Crippen molar-refractivity contribution in [2.24, 2.45) is 5.73 Å². The molecule has 0 aliphatic heterocycles. The largest absolute Gasteiger partial charge is 0.481 e. The number of nitrogens with one attached hydrogen (secondary N) is 1. The van der Waals surface area contributed by atoms with Crippen molar-refractivity contribution >= 4 is 17.9 Å². The Morgan fingerprint density at radius 1 is 0.600 bits per heavy atom. The fourth-order valence-electron chi connectivity index (χ4n) is 3.13. The topological polar surface area (TPSA) is 150 Å². The molecule has 0 aliphatic rings. The fourth-order valence-corrected chi connectivity index (χ4v) is 3.13. The Kier molecular flexibility index (Phi) is 42.7. The number of hydrogen-bond donors (Lipinski definition) is 5. The first-order valence-corrected chi connectivity index (χ1v) is 13.5. The van der Waals surface area contributed by atoms with Crippen molar-refractivity contribution in [3.05, 3.63) is 0 Å². The predicted octanol–water partition coefficient (Wildman–Crippen LogP) is 6.46. The van der Waals surface area contributed by atoms with Gasteiger partial charge in [-0.3, -0.25) is 14.4 Å². The van der Waals surface area contributed by atoms with Gasteiger partial charge >= 0.3 is 0 Å². The summed E-state index contributed by atoms with van der Waals surface area (Å²) in [4.78, 5) is 27.0. The van der Waals surface area contributed by atoms with Crippen LogP contribution < -0.4 is 11.1 Å². The average Bonchev–Trinajstić information content (AvgIpc) is 2.71. The van der Waals surface area contributed by atoms with Crippen molar-refractivity contribution in [1.29, 1.82) is 0 Å². The Labute approximate surface area is 215 Å². The van der Waals surface area contributed by atoms with Crippen LogP contribution in [0.4, 0.5) is 0 Å². The molecule has 0 heterocycles. The first kappa shape index (κ1) is 40.5. The minimum absolute atomic E-state index is 0.288. The molecule has 8 heteroatoms. The average molecular weight is 507 g/mol. The molecular formula is C27H58N2O6. The van der Waals surface area contributed by atoms with Crippen LogP contribution in [0, 0.1) is 0 Å². The van der Waals surface area contributed by atoms with Crippen molar-refractivity contribution in [1.82, 2.24) is 5.32 Å². The fraction of sp³-hybridized carbons (Fsp3) is 0.889. The van der Waals surface area contributed by atoms with Crippen LogP contribution in [0.15, 0.2) is 0 Å². The van der Waals surface area contributed by atoms with Crippen LogP contribution in [0.25, 0.3) is 0 Å². The molecule has 35 heavy (non-hydrogen) atoms. The Hall–Kier alpha value is -1.67. The summed E-state index contributed by atoms with van der Waals surface area (Å²) in [6.45, 7) is 9.69. The van der Waals surface area contributed by atoms with Crippen molar-refractivity contribution in [2.45, 2.75) is 143 Å². The Morgan fingerprint density at radius 3 is 1.06 bits per heavy atom. The van der Waals surface area contributed by atoms with Gasteiger partial charge in [-0.05, 0) is 19.9 Å². The van der Waals surface area contributed by atoms with Crippen LogP contribution in [0.5, 0.6) is 0 Å². The molecule has 1 unspecified atom stereocenters. The zero-order valence-electron chi connectivity index (χ0n) is 23.4. The third-order valence-electron chi connectivity index (χ3n) is 4.67. The summed E-state index contributed by atoms with van der Waals surface area (Å²) < 4.78 is 0. The number of carboxylic acid groups (broad SMARTS) is 3. The van der Waals surface area contributed by atoms with E-state index >= 15 is 0 Å². The molecule has 212 valence electrons. The molecule has 0 radical (unpaired) electrons. The monoisotopic (exact) mass is 506 g/mol. The molecule has 0 amide bonds. The van der Waals surface area contributed by atoms with Gasteiger partial charge in [0.25, 0.3) is 17.9 Å². The molecule has 0 aromatic carbocycles. The lowest BCUT2D eigenvalue weighted by Gasteiger charge is -2.07. The van der Waals surface area contributed by atoms with E-state index in [0.29, 0.717) is 0 Å². The summed E-state index contributed by atoms with van der Waals surface area (Å²) in [7, 11) is 0. The van der Waals surface area contributed by atoms with E-state index in [9.17, 15) is 0 Å². The third kappa shape index (κ3) is 88.5. The maximum absolute atomic E-state index is 9.00. The number of aliphatic carboxylic acids is 3. The summed E-state index contributed by atoms with van der Waals surface area (Å²) in [5, 5.41) is 25.7. The highest BCUT2D eigenvalue weighted by Gasteiger charge is 1.95. The van der Waals surface area contributed by atoms with E-state index in [1.165, 1.54) is 103 Å². The number of rotatable bonds is 19. The first-order valence-electron chi connectivity index (χ1n) is 13.5. The zero-order valence-corrected chi connectivity index (χ0v) is 23.4. The van der Waals surface area contributed by atoms with E-state index in [4.69, 9.17) is 35.4 Å². The van der Waals surface area contributed by atoms with Gasteiger partial charge in [0.05, 0.1) is 0 Å². The first-order chi connectivity index (χ1) is 16.5. The van der Waals surface area contributed by atoms with Gasteiger partial charge < -0.3 is 26.4 Å². The molecule has 0 fully saturated rings. The van der Waals surface area contributed by atoms with Crippen LogP contribution >= 0.6 is 0 Å². The summed E-state index contributed by atoms with van der Waals surface area (Å²) in [6.07, 6.45) is 23.0. The summed E-state index contributed by atoms with van der Waals surface area (Å²) in [5.41, 5.74) is 5.70. The van der Waals surface area contributed by atoms with Gasteiger partial charge in [-0.1, -0.05) is 103 Å². The highest BCUT2D eigenvalue weighted by atomic mass is 16.4. The molecule has 0 rings (SSSR count).